The van der Waals surface area contributed by atoms with Crippen LogP contribution in [0, 0.1) is 0 Å². The first-order valence-electron chi connectivity index (χ1n) is 7.27. The van der Waals surface area contributed by atoms with Crippen LogP contribution in [0.1, 0.15) is 41.7 Å². The molecule has 4 nitrogen and oxygen atoms in total. The van der Waals surface area contributed by atoms with E-state index < -0.39 is 0 Å². The second-order valence-electron chi connectivity index (χ2n) is 5.13. The molecule has 0 radical (unpaired) electrons. The number of ether oxygens (including phenoxy) is 1. The number of nitrogens with one attached hydrogen (secondary N) is 1. The zero-order valence-electron chi connectivity index (χ0n) is 12.0. The summed E-state index contributed by atoms with van der Waals surface area (Å²) in [6, 6.07) is 11.0. The number of carbonyl (C=O) groups is 1. The number of anilines is 1. The van der Waals surface area contributed by atoms with Crippen LogP contribution in [0.3, 0.4) is 0 Å². The van der Waals surface area contributed by atoms with E-state index in [0.717, 1.165) is 24.2 Å². The molecule has 0 spiro atoms. The minimum Gasteiger partial charge on any atom is -0.494 e. The maximum atomic E-state index is 12.4. The zero-order valence-corrected chi connectivity index (χ0v) is 12.0. The summed E-state index contributed by atoms with van der Waals surface area (Å²) in [6.07, 6.45) is 4.08. The van der Waals surface area contributed by atoms with Crippen LogP contribution in [0.25, 0.3) is 0 Å². The monoisotopic (exact) mass is 282 g/mol. The van der Waals surface area contributed by atoms with Crippen molar-refractivity contribution in [2.45, 2.75) is 25.7 Å². The van der Waals surface area contributed by atoms with E-state index in [1.54, 1.807) is 18.3 Å². The van der Waals surface area contributed by atoms with Crippen molar-refractivity contribution in [3.8, 4) is 5.75 Å². The molecule has 108 valence electrons. The molecule has 0 saturated heterocycles. The van der Waals surface area contributed by atoms with Gasteiger partial charge >= 0.3 is 0 Å². The lowest BCUT2D eigenvalue weighted by Gasteiger charge is -2.10. The Labute approximate surface area is 124 Å². The second kappa shape index (κ2) is 5.95. The number of aromatic nitrogens is 1. The summed E-state index contributed by atoms with van der Waals surface area (Å²) in [4.78, 5) is 16.8. The van der Waals surface area contributed by atoms with E-state index in [9.17, 15) is 4.79 Å². The molecular formula is C17H18N2O2. The van der Waals surface area contributed by atoms with Crippen molar-refractivity contribution in [1.82, 2.24) is 4.98 Å². The molecule has 3 rings (SSSR count). The Morgan fingerprint density at radius 1 is 1.33 bits per heavy atom. The molecule has 1 aromatic carbocycles. The molecule has 1 saturated carbocycles. The van der Waals surface area contributed by atoms with Crippen molar-refractivity contribution in [3.05, 3.63) is 53.9 Å². The minimum atomic E-state index is -0.133. The van der Waals surface area contributed by atoms with Crippen molar-refractivity contribution in [1.29, 1.82) is 0 Å². The van der Waals surface area contributed by atoms with E-state index in [1.807, 2.05) is 31.2 Å². The number of nitrogens with zero attached hydrogens (tertiary/aromatic N) is 1. The van der Waals surface area contributed by atoms with E-state index in [4.69, 9.17) is 4.74 Å². The van der Waals surface area contributed by atoms with Crippen LogP contribution in [-0.2, 0) is 0 Å². The van der Waals surface area contributed by atoms with Crippen molar-refractivity contribution >= 4 is 11.6 Å². The second-order valence-corrected chi connectivity index (χ2v) is 5.13. The first kappa shape index (κ1) is 13.6. The van der Waals surface area contributed by atoms with Gasteiger partial charge in [-0.25, -0.2) is 0 Å². The molecule has 0 unspecified atom stereocenters. The predicted octanol–water partition coefficient (Wildman–Crippen LogP) is 3.61. The lowest BCUT2D eigenvalue weighted by molar-refractivity contribution is 0.102. The number of amides is 1. The van der Waals surface area contributed by atoms with Crippen molar-refractivity contribution < 1.29 is 9.53 Å². The first-order valence-corrected chi connectivity index (χ1v) is 7.27. The van der Waals surface area contributed by atoms with Gasteiger partial charge in [-0.3, -0.25) is 9.78 Å². The van der Waals surface area contributed by atoms with Gasteiger partial charge in [-0.15, -0.1) is 0 Å². The molecule has 4 heteroatoms. The number of benzene rings is 1. The Morgan fingerprint density at radius 2 is 2.19 bits per heavy atom. The Bertz CT molecular complexity index is 651. The number of pyridine rings is 1. The average Bonchev–Trinajstić information content (AvgIpc) is 3.33. The molecule has 2 aromatic rings. The molecule has 1 heterocycles. The van der Waals surface area contributed by atoms with Crippen LogP contribution in [0.4, 0.5) is 5.69 Å². The molecular weight excluding hydrogens is 264 g/mol. The molecule has 1 fully saturated rings. The van der Waals surface area contributed by atoms with E-state index in [-0.39, 0.29) is 5.91 Å². The summed E-state index contributed by atoms with van der Waals surface area (Å²) in [5.74, 6) is 1.07. The Kier molecular flexibility index (Phi) is 3.86. The van der Waals surface area contributed by atoms with Gasteiger partial charge in [0.25, 0.3) is 5.91 Å². The van der Waals surface area contributed by atoms with Gasteiger partial charge in [0, 0.05) is 17.7 Å². The predicted molar refractivity (Wildman–Crippen MR) is 81.8 cm³/mol. The SMILES string of the molecule is CCOc1cccc(C(=O)Nc2cccnc2C2CC2)c1. The van der Waals surface area contributed by atoms with E-state index in [0.29, 0.717) is 23.8 Å². The van der Waals surface area contributed by atoms with Gasteiger partial charge in [0.1, 0.15) is 5.75 Å². The third-order valence-electron chi connectivity index (χ3n) is 3.46. The quantitative estimate of drug-likeness (QED) is 0.911. The van der Waals surface area contributed by atoms with Gasteiger partial charge < -0.3 is 10.1 Å². The third-order valence-corrected chi connectivity index (χ3v) is 3.46. The first-order chi connectivity index (χ1) is 10.3. The zero-order chi connectivity index (χ0) is 14.7. The fourth-order valence-corrected chi connectivity index (χ4v) is 2.29. The minimum absolute atomic E-state index is 0.133. The highest BCUT2D eigenvalue weighted by molar-refractivity contribution is 6.04. The Morgan fingerprint density at radius 3 is 2.95 bits per heavy atom. The Balaban J connectivity index is 1.78. The molecule has 1 amide bonds. The maximum absolute atomic E-state index is 12.4. The van der Waals surface area contributed by atoms with E-state index in [1.165, 1.54) is 0 Å². The standard InChI is InChI=1S/C17H18N2O2/c1-2-21-14-6-3-5-13(11-14)17(20)19-15-7-4-10-18-16(15)12-8-9-12/h3-7,10-12H,2,8-9H2,1H3,(H,19,20). The molecule has 1 aliphatic rings. The van der Waals surface area contributed by atoms with Crippen molar-refractivity contribution in [2.75, 3.05) is 11.9 Å². The van der Waals surface area contributed by atoms with Crippen LogP contribution in [-0.4, -0.2) is 17.5 Å². The molecule has 0 atom stereocenters. The highest BCUT2D eigenvalue weighted by Gasteiger charge is 2.27. The molecule has 1 aliphatic carbocycles. The highest BCUT2D eigenvalue weighted by Crippen LogP contribution is 2.42. The lowest BCUT2D eigenvalue weighted by atomic mass is 10.1. The van der Waals surface area contributed by atoms with Gasteiger partial charge in [-0.2, -0.15) is 0 Å². The summed E-state index contributed by atoms with van der Waals surface area (Å²) in [5, 5.41) is 2.96. The smallest absolute Gasteiger partial charge is 0.255 e. The number of rotatable bonds is 5. The summed E-state index contributed by atoms with van der Waals surface area (Å²) in [7, 11) is 0. The highest BCUT2D eigenvalue weighted by atomic mass is 16.5. The van der Waals surface area contributed by atoms with Gasteiger partial charge in [-0.1, -0.05) is 6.07 Å². The van der Waals surface area contributed by atoms with Gasteiger partial charge in [0.15, 0.2) is 0 Å². The average molecular weight is 282 g/mol. The van der Waals surface area contributed by atoms with E-state index >= 15 is 0 Å². The van der Waals surface area contributed by atoms with Crippen LogP contribution >= 0.6 is 0 Å². The largest absolute Gasteiger partial charge is 0.494 e. The van der Waals surface area contributed by atoms with Crippen molar-refractivity contribution in [2.24, 2.45) is 0 Å². The summed E-state index contributed by atoms with van der Waals surface area (Å²) in [5.41, 5.74) is 2.39. The van der Waals surface area contributed by atoms with Crippen LogP contribution in [0.15, 0.2) is 42.6 Å². The topological polar surface area (TPSA) is 51.2 Å². The third kappa shape index (κ3) is 3.21. The summed E-state index contributed by atoms with van der Waals surface area (Å²) in [6.45, 7) is 2.50. The van der Waals surface area contributed by atoms with Crippen LogP contribution < -0.4 is 10.1 Å². The molecule has 0 aliphatic heterocycles. The molecule has 1 aromatic heterocycles. The number of hydrogen-bond donors (Lipinski definition) is 1. The maximum Gasteiger partial charge on any atom is 0.255 e. The molecule has 1 N–H and O–H groups in total. The Hall–Kier alpha value is -2.36. The number of hydrogen-bond acceptors (Lipinski definition) is 3. The number of carbonyl (C=O) groups excluding carboxylic acids is 1. The van der Waals surface area contributed by atoms with Gasteiger partial charge in [0.2, 0.25) is 0 Å². The lowest BCUT2D eigenvalue weighted by Crippen LogP contribution is -2.13. The normalized spacial score (nSPS) is 13.8. The summed E-state index contributed by atoms with van der Waals surface area (Å²) < 4.78 is 5.43. The van der Waals surface area contributed by atoms with Crippen molar-refractivity contribution in [3.63, 3.8) is 0 Å². The fourth-order valence-electron chi connectivity index (χ4n) is 2.29. The summed E-state index contributed by atoms with van der Waals surface area (Å²) >= 11 is 0. The molecule has 21 heavy (non-hydrogen) atoms. The van der Waals surface area contributed by atoms with Crippen LogP contribution in [0.5, 0.6) is 5.75 Å². The molecule has 0 bridgehead atoms. The van der Waals surface area contributed by atoms with E-state index in [2.05, 4.69) is 10.3 Å². The van der Waals surface area contributed by atoms with Crippen LogP contribution in [0.2, 0.25) is 0 Å². The van der Waals surface area contributed by atoms with Gasteiger partial charge in [-0.05, 0) is 50.1 Å². The fraction of sp³-hybridized carbons (Fsp3) is 0.294. The van der Waals surface area contributed by atoms with Gasteiger partial charge in [0.05, 0.1) is 18.0 Å².